The van der Waals surface area contributed by atoms with Crippen molar-refractivity contribution in [1.82, 2.24) is 10.3 Å². The van der Waals surface area contributed by atoms with Gasteiger partial charge in [-0.05, 0) is 25.1 Å². The lowest BCUT2D eigenvalue weighted by Gasteiger charge is -2.34. The van der Waals surface area contributed by atoms with Crippen LogP contribution >= 0.6 is 0 Å². The number of pyridine rings is 1. The maximum absolute atomic E-state index is 5.86. The number of ether oxygens (including phenoxy) is 2. The molecular weight excluding hydrogens is 240 g/mol. The highest BCUT2D eigenvalue weighted by molar-refractivity contribution is 5.12. The van der Waals surface area contributed by atoms with Crippen LogP contribution in [-0.4, -0.2) is 43.5 Å². The molecule has 106 valence electrons. The fraction of sp³-hybridized carbons (Fsp3) is 0.667. The Balaban J connectivity index is 2.07. The van der Waals surface area contributed by atoms with Gasteiger partial charge in [0.2, 0.25) is 0 Å². The minimum Gasteiger partial charge on any atom is -0.376 e. The van der Waals surface area contributed by atoms with Crippen molar-refractivity contribution in [1.29, 1.82) is 0 Å². The average molecular weight is 264 g/mol. The molecule has 0 amide bonds. The minimum absolute atomic E-state index is 0.109. The van der Waals surface area contributed by atoms with Crippen molar-refractivity contribution >= 4 is 0 Å². The van der Waals surface area contributed by atoms with Crippen LogP contribution in [0.3, 0.4) is 0 Å². The van der Waals surface area contributed by atoms with Gasteiger partial charge in [0.15, 0.2) is 0 Å². The SMILES string of the molecule is CCCNC(C1COCCO1)C(C)c1ccccn1. The highest BCUT2D eigenvalue weighted by atomic mass is 16.6. The van der Waals surface area contributed by atoms with Crippen molar-refractivity contribution in [3.05, 3.63) is 30.1 Å². The number of aromatic nitrogens is 1. The lowest BCUT2D eigenvalue weighted by atomic mass is 9.92. The molecule has 1 fully saturated rings. The molecule has 4 heteroatoms. The van der Waals surface area contributed by atoms with Crippen molar-refractivity contribution in [2.75, 3.05) is 26.4 Å². The third-order valence-electron chi connectivity index (χ3n) is 3.57. The first-order valence-electron chi connectivity index (χ1n) is 7.16. The fourth-order valence-corrected chi connectivity index (χ4v) is 2.48. The average Bonchev–Trinajstić information content (AvgIpc) is 2.49. The van der Waals surface area contributed by atoms with Gasteiger partial charge in [-0.15, -0.1) is 0 Å². The van der Waals surface area contributed by atoms with Crippen LogP contribution in [0.5, 0.6) is 0 Å². The maximum atomic E-state index is 5.86. The summed E-state index contributed by atoms with van der Waals surface area (Å²) in [4.78, 5) is 4.47. The third kappa shape index (κ3) is 4.00. The molecule has 1 N–H and O–H groups in total. The van der Waals surface area contributed by atoms with E-state index >= 15 is 0 Å². The van der Waals surface area contributed by atoms with Gasteiger partial charge in [0, 0.05) is 23.9 Å². The summed E-state index contributed by atoms with van der Waals surface area (Å²) in [5, 5.41) is 3.59. The summed E-state index contributed by atoms with van der Waals surface area (Å²) < 4.78 is 11.4. The normalized spacial score (nSPS) is 22.9. The molecule has 1 aromatic heterocycles. The molecule has 0 spiro atoms. The molecule has 0 bridgehead atoms. The summed E-state index contributed by atoms with van der Waals surface area (Å²) in [6, 6.07) is 6.31. The molecule has 0 aromatic carbocycles. The summed E-state index contributed by atoms with van der Waals surface area (Å²) in [7, 11) is 0. The van der Waals surface area contributed by atoms with Crippen LogP contribution in [0.25, 0.3) is 0 Å². The molecule has 1 aromatic rings. The number of nitrogens with one attached hydrogen (secondary N) is 1. The van der Waals surface area contributed by atoms with E-state index in [1.54, 1.807) is 0 Å². The summed E-state index contributed by atoms with van der Waals surface area (Å²) in [5.41, 5.74) is 1.10. The smallest absolute Gasteiger partial charge is 0.0968 e. The highest BCUT2D eigenvalue weighted by Crippen LogP contribution is 2.22. The lowest BCUT2D eigenvalue weighted by molar-refractivity contribution is -0.104. The zero-order chi connectivity index (χ0) is 13.5. The standard InChI is InChI=1S/C15H24N2O2/c1-3-7-17-15(14-11-18-9-10-19-14)12(2)13-6-4-5-8-16-13/h4-6,8,12,14-15,17H,3,7,9-11H2,1-2H3. The van der Waals surface area contributed by atoms with Crippen LogP contribution in [0.4, 0.5) is 0 Å². The zero-order valence-electron chi connectivity index (χ0n) is 11.8. The number of nitrogens with zero attached hydrogens (tertiary/aromatic N) is 1. The Bertz CT molecular complexity index is 352. The van der Waals surface area contributed by atoms with Gasteiger partial charge in [-0.1, -0.05) is 19.9 Å². The minimum atomic E-state index is 0.109. The molecule has 3 unspecified atom stereocenters. The van der Waals surface area contributed by atoms with Gasteiger partial charge in [-0.3, -0.25) is 4.98 Å². The Morgan fingerprint density at radius 3 is 2.95 bits per heavy atom. The van der Waals surface area contributed by atoms with Crippen LogP contribution < -0.4 is 5.32 Å². The predicted molar refractivity (Wildman–Crippen MR) is 75.3 cm³/mol. The summed E-state index contributed by atoms with van der Waals surface area (Å²) in [5.74, 6) is 0.305. The Morgan fingerprint density at radius 1 is 1.42 bits per heavy atom. The Labute approximate surface area is 115 Å². The molecular formula is C15H24N2O2. The van der Waals surface area contributed by atoms with Crippen LogP contribution in [-0.2, 0) is 9.47 Å². The molecule has 0 saturated carbocycles. The largest absolute Gasteiger partial charge is 0.376 e. The summed E-state index contributed by atoms with van der Waals surface area (Å²) >= 11 is 0. The molecule has 19 heavy (non-hydrogen) atoms. The van der Waals surface area contributed by atoms with Gasteiger partial charge < -0.3 is 14.8 Å². The third-order valence-corrected chi connectivity index (χ3v) is 3.57. The van der Waals surface area contributed by atoms with E-state index in [4.69, 9.17) is 9.47 Å². The maximum Gasteiger partial charge on any atom is 0.0968 e. The van der Waals surface area contributed by atoms with E-state index in [1.807, 2.05) is 18.3 Å². The first kappa shape index (κ1) is 14.4. The highest BCUT2D eigenvalue weighted by Gasteiger charge is 2.30. The molecule has 2 heterocycles. The number of hydrogen-bond donors (Lipinski definition) is 1. The topological polar surface area (TPSA) is 43.4 Å². The second-order valence-corrected chi connectivity index (χ2v) is 5.01. The van der Waals surface area contributed by atoms with E-state index in [0.717, 1.165) is 18.7 Å². The number of rotatable bonds is 6. The Kier molecular flexibility index (Phi) is 5.76. The van der Waals surface area contributed by atoms with Crippen molar-refractivity contribution < 1.29 is 9.47 Å². The Hall–Kier alpha value is -0.970. The van der Waals surface area contributed by atoms with Gasteiger partial charge in [0.05, 0.1) is 25.9 Å². The van der Waals surface area contributed by atoms with Crippen LogP contribution in [0.1, 0.15) is 31.9 Å². The second kappa shape index (κ2) is 7.58. The van der Waals surface area contributed by atoms with E-state index in [-0.39, 0.29) is 12.1 Å². The molecule has 1 aliphatic heterocycles. The van der Waals surface area contributed by atoms with E-state index in [2.05, 4.69) is 30.2 Å². The second-order valence-electron chi connectivity index (χ2n) is 5.01. The van der Waals surface area contributed by atoms with Gasteiger partial charge >= 0.3 is 0 Å². The summed E-state index contributed by atoms with van der Waals surface area (Å²) in [6.45, 7) is 7.42. The van der Waals surface area contributed by atoms with Gasteiger partial charge in [0.1, 0.15) is 0 Å². The molecule has 0 radical (unpaired) electrons. The predicted octanol–water partition coefficient (Wildman–Crippen LogP) is 1.97. The van der Waals surface area contributed by atoms with Crippen molar-refractivity contribution in [3.63, 3.8) is 0 Å². The van der Waals surface area contributed by atoms with Crippen LogP contribution in [0.2, 0.25) is 0 Å². The zero-order valence-corrected chi connectivity index (χ0v) is 11.8. The van der Waals surface area contributed by atoms with Gasteiger partial charge in [0.25, 0.3) is 0 Å². The monoisotopic (exact) mass is 264 g/mol. The van der Waals surface area contributed by atoms with E-state index in [1.165, 1.54) is 0 Å². The first-order chi connectivity index (χ1) is 9.33. The lowest BCUT2D eigenvalue weighted by Crippen LogP contribution is -2.49. The first-order valence-corrected chi connectivity index (χ1v) is 7.16. The van der Waals surface area contributed by atoms with E-state index < -0.39 is 0 Å². The van der Waals surface area contributed by atoms with Crippen molar-refractivity contribution in [3.8, 4) is 0 Å². The molecule has 1 saturated heterocycles. The van der Waals surface area contributed by atoms with Crippen LogP contribution in [0, 0.1) is 0 Å². The molecule has 3 atom stereocenters. The number of hydrogen-bond acceptors (Lipinski definition) is 4. The van der Waals surface area contributed by atoms with Crippen LogP contribution in [0.15, 0.2) is 24.4 Å². The molecule has 4 nitrogen and oxygen atoms in total. The van der Waals surface area contributed by atoms with E-state index in [0.29, 0.717) is 25.7 Å². The van der Waals surface area contributed by atoms with Crippen molar-refractivity contribution in [2.45, 2.75) is 38.3 Å². The molecule has 0 aliphatic carbocycles. The molecule has 2 rings (SSSR count). The quantitative estimate of drug-likeness (QED) is 0.853. The van der Waals surface area contributed by atoms with Gasteiger partial charge in [-0.25, -0.2) is 0 Å². The Morgan fingerprint density at radius 2 is 2.32 bits per heavy atom. The van der Waals surface area contributed by atoms with Crippen molar-refractivity contribution in [2.24, 2.45) is 0 Å². The van der Waals surface area contributed by atoms with Gasteiger partial charge in [-0.2, -0.15) is 0 Å². The van der Waals surface area contributed by atoms with E-state index in [9.17, 15) is 0 Å². The molecule has 1 aliphatic rings. The summed E-state index contributed by atoms with van der Waals surface area (Å²) in [6.07, 6.45) is 3.07. The fourth-order valence-electron chi connectivity index (χ4n) is 2.48.